The number of benzene rings is 1. The van der Waals surface area contributed by atoms with Crippen molar-refractivity contribution < 1.29 is 18.3 Å². The second-order valence-electron chi connectivity index (χ2n) is 6.68. The number of methoxy groups -OCH3 is 1. The third-order valence-electron chi connectivity index (χ3n) is 4.33. The van der Waals surface area contributed by atoms with E-state index in [0.29, 0.717) is 37.9 Å². The van der Waals surface area contributed by atoms with Crippen molar-refractivity contribution in [1.29, 1.82) is 0 Å². The second-order valence-corrected chi connectivity index (χ2v) is 9.42. The molecule has 1 fully saturated rings. The first-order valence-electron chi connectivity index (χ1n) is 8.31. The van der Waals surface area contributed by atoms with Crippen LogP contribution in [-0.2, 0) is 16.4 Å². The van der Waals surface area contributed by atoms with E-state index < -0.39 is 14.6 Å². The molecule has 8 heteroatoms. The fourth-order valence-corrected chi connectivity index (χ4v) is 4.12. The Kier molecular flexibility index (Phi) is 5.82. The molecular formula is C17H27N3O4S. The van der Waals surface area contributed by atoms with E-state index in [4.69, 9.17) is 4.74 Å². The number of sulfone groups is 1. The first-order chi connectivity index (χ1) is 11.7. The summed E-state index contributed by atoms with van der Waals surface area (Å²) in [6.45, 7) is 7.36. The van der Waals surface area contributed by atoms with Gasteiger partial charge in [-0.2, -0.15) is 0 Å². The molecule has 1 saturated heterocycles. The van der Waals surface area contributed by atoms with Crippen molar-refractivity contribution in [2.45, 2.75) is 32.1 Å². The number of nitrogens with zero attached hydrogens (tertiary/aromatic N) is 2. The van der Waals surface area contributed by atoms with Crippen LogP contribution in [0.2, 0.25) is 0 Å². The summed E-state index contributed by atoms with van der Waals surface area (Å²) in [5.41, 5.74) is 0.845. The van der Waals surface area contributed by atoms with Gasteiger partial charge in [-0.25, -0.2) is 13.4 Å². The number of phenolic OH excluding ortho intramolecular Hbond substituents is 1. The van der Waals surface area contributed by atoms with Crippen LogP contribution in [0.1, 0.15) is 26.3 Å². The summed E-state index contributed by atoms with van der Waals surface area (Å²) in [4.78, 5) is 6.58. The van der Waals surface area contributed by atoms with Crippen LogP contribution in [-0.4, -0.2) is 61.6 Å². The van der Waals surface area contributed by atoms with Gasteiger partial charge in [0.2, 0.25) is 0 Å². The Hall–Kier alpha value is -1.96. The molecule has 0 saturated carbocycles. The quantitative estimate of drug-likeness (QED) is 0.615. The van der Waals surface area contributed by atoms with Gasteiger partial charge >= 0.3 is 0 Å². The van der Waals surface area contributed by atoms with Crippen molar-refractivity contribution in [3.05, 3.63) is 23.8 Å². The number of ether oxygens (including phenoxy) is 1. The zero-order valence-electron chi connectivity index (χ0n) is 15.2. The summed E-state index contributed by atoms with van der Waals surface area (Å²) in [6.07, 6.45) is 0. The van der Waals surface area contributed by atoms with Gasteiger partial charge in [-0.05, 0) is 38.5 Å². The number of hydrogen-bond donors (Lipinski definition) is 2. The molecule has 1 aromatic rings. The summed E-state index contributed by atoms with van der Waals surface area (Å²) in [5, 5.41) is 13.1. The number of rotatable bonds is 4. The minimum atomic E-state index is -3.09. The SMILES string of the molecule is CCNC(=NCc1ccc(OC)c(O)c1)N1CCS(=O)(=O)C(C)(C)C1. The molecule has 0 aliphatic carbocycles. The summed E-state index contributed by atoms with van der Waals surface area (Å²) >= 11 is 0. The molecule has 140 valence electrons. The lowest BCUT2D eigenvalue weighted by atomic mass is 10.2. The molecule has 7 nitrogen and oxygen atoms in total. The number of aliphatic imine (C=N–C) groups is 1. The van der Waals surface area contributed by atoms with Crippen LogP contribution in [0.15, 0.2) is 23.2 Å². The number of phenols is 1. The molecule has 1 aliphatic rings. The van der Waals surface area contributed by atoms with Gasteiger partial charge in [0.15, 0.2) is 27.3 Å². The van der Waals surface area contributed by atoms with Crippen LogP contribution in [0.3, 0.4) is 0 Å². The highest BCUT2D eigenvalue weighted by atomic mass is 32.2. The highest BCUT2D eigenvalue weighted by Crippen LogP contribution is 2.27. The molecule has 2 N–H and O–H groups in total. The average molecular weight is 369 g/mol. The number of aromatic hydroxyl groups is 1. The largest absolute Gasteiger partial charge is 0.504 e. The second kappa shape index (κ2) is 7.51. The van der Waals surface area contributed by atoms with E-state index >= 15 is 0 Å². The Labute approximate surface area is 149 Å². The first kappa shape index (κ1) is 19.4. The highest BCUT2D eigenvalue weighted by molar-refractivity contribution is 7.92. The van der Waals surface area contributed by atoms with E-state index in [1.807, 2.05) is 17.9 Å². The summed E-state index contributed by atoms with van der Waals surface area (Å²) in [5.74, 6) is 1.29. The topological polar surface area (TPSA) is 91.2 Å². The van der Waals surface area contributed by atoms with E-state index in [0.717, 1.165) is 5.56 Å². The van der Waals surface area contributed by atoms with Gasteiger partial charge in [0, 0.05) is 19.6 Å². The maximum Gasteiger partial charge on any atom is 0.194 e. The third-order valence-corrected chi connectivity index (χ3v) is 6.87. The van der Waals surface area contributed by atoms with Gasteiger partial charge < -0.3 is 20.1 Å². The molecular weight excluding hydrogens is 342 g/mol. The molecule has 0 radical (unpaired) electrons. The fourth-order valence-electron chi connectivity index (χ4n) is 2.75. The lowest BCUT2D eigenvalue weighted by Gasteiger charge is -2.39. The van der Waals surface area contributed by atoms with Crippen molar-refractivity contribution in [2.75, 3.05) is 32.5 Å². The smallest absolute Gasteiger partial charge is 0.194 e. The Bertz CT molecular complexity index is 744. The van der Waals surface area contributed by atoms with E-state index in [9.17, 15) is 13.5 Å². The summed E-state index contributed by atoms with van der Waals surface area (Å²) in [7, 11) is -1.59. The molecule has 0 spiro atoms. The van der Waals surface area contributed by atoms with Gasteiger partial charge in [0.25, 0.3) is 0 Å². The number of hydrogen-bond acceptors (Lipinski definition) is 5. The van der Waals surface area contributed by atoms with Crippen LogP contribution in [0.4, 0.5) is 0 Å². The molecule has 25 heavy (non-hydrogen) atoms. The van der Waals surface area contributed by atoms with Gasteiger partial charge in [0.1, 0.15) is 0 Å². The van der Waals surface area contributed by atoms with Crippen molar-refractivity contribution in [3.8, 4) is 11.5 Å². The first-order valence-corrected chi connectivity index (χ1v) is 9.97. The van der Waals surface area contributed by atoms with Gasteiger partial charge in [-0.1, -0.05) is 6.07 Å². The Morgan fingerprint density at radius 2 is 2.16 bits per heavy atom. The zero-order valence-corrected chi connectivity index (χ0v) is 16.1. The summed E-state index contributed by atoms with van der Waals surface area (Å²) in [6, 6.07) is 5.16. The number of guanidine groups is 1. The van der Waals surface area contributed by atoms with Crippen LogP contribution >= 0.6 is 0 Å². The average Bonchev–Trinajstić information content (AvgIpc) is 2.54. The highest BCUT2D eigenvalue weighted by Gasteiger charge is 2.40. The van der Waals surface area contributed by atoms with E-state index in [-0.39, 0.29) is 11.5 Å². The minimum absolute atomic E-state index is 0.0744. The molecule has 0 aromatic heterocycles. The lowest BCUT2D eigenvalue weighted by Crippen LogP contribution is -2.57. The molecule has 2 rings (SSSR count). The van der Waals surface area contributed by atoms with Crippen molar-refractivity contribution in [2.24, 2.45) is 4.99 Å². The monoisotopic (exact) mass is 369 g/mol. The Balaban J connectivity index is 2.17. The standard InChI is InChI=1S/C17H27N3O4S/c1-5-18-16(20-8-9-25(22,23)17(2,3)12-20)19-11-13-6-7-15(24-4)14(21)10-13/h6-7,10,21H,5,8-9,11-12H2,1-4H3,(H,18,19). The molecule has 1 aliphatic heterocycles. The predicted molar refractivity (Wildman–Crippen MR) is 98.9 cm³/mol. The van der Waals surface area contributed by atoms with Crippen LogP contribution in [0.25, 0.3) is 0 Å². The van der Waals surface area contributed by atoms with E-state index in [1.54, 1.807) is 26.0 Å². The van der Waals surface area contributed by atoms with Gasteiger partial charge in [-0.15, -0.1) is 0 Å². The zero-order chi connectivity index (χ0) is 18.7. The normalized spacial score (nSPS) is 19.5. The maximum absolute atomic E-state index is 12.2. The molecule has 0 bridgehead atoms. The molecule has 0 unspecified atom stereocenters. The van der Waals surface area contributed by atoms with Crippen LogP contribution in [0.5, 0.6) is 11.5 Å². The number of nitrogens with one attached hydrogen (secondary N) is 1. The molecule has 0 atom stereocenters. The van der Waals surface area contributed by atoms with Crippen LogP contribution in [0, 0.1) is 0 Å². The summed E-state index contributed by atoms with van der Waals surface area (Å²) < 4.78 is 28.6. The van der Waals surface area contributed by atoms with E-state index in [2.05, 4.69) is 10.3 Å². The van der Waals surface area contributed by atoms with Crippen molar-refractivity contribution in [3.63, 3.8) is 0 Å². The van der Waals surface area contributed by atoms with Gasteiger partial charge in [-0.3, -0.25) is 0 Å². The Morgan fingerprint density at radius 1 is 1.44 bits per heavy atom. The van der Waals surface area contributed by atoms with E-state index in [1.165, 1.54) is 7.11 Å². The fraction of sp³-hybridized carbons (Fsp3) is 0.588. The molecule has 1 aromatic carbocycles. The predicted octanol–water partition coefficient (Wildman–Crippen LogP) is 1.38. The van der Waals surface area contributed by atoms with Gasteiger partial charge in [0.05, 0.1) is 24.2 Å². The van der Waals surface area contributed by atoms with Crippen LogP contribution < -0.4 is 10.1 Å². The maximum atomic E-state index is 12.2. The van der Waals surface area contributed by atoms with Crippen molar-refractivity contribution >= 4 is 15.8 Å². The molecule has 0 amide bonds. The minimum Gasteiger partial charge on any atom is -0.504 e. The lowest BCUT2D eigenvalue weighted by molar-refractivity contribution is 0.353. The Morgan fingerprint density at radius 3 is 2.72 bits per heavy atom. The van der Waals surface area contributed by atoms with Crippen molar-refractivity contribution in [1.82, 2.24) is 10.2 Å². The molecule has 1 heterocycles. The third kappa shape index (κ3) is 4.36.